The van der Waals surface area contributed by atoms with Crippen LogP contribution in [0.15, 0.2) is 15.9 Å². The van der Waals surface area contributed by atoms with E-state index < -0.39 is 6.09 Å². The first-order chi connectivity index (χ1) is 6.54. The van der Waals surface area contributed by atoms with E-state index in [0.29, 0.717) is 20.2 Å². The van der Waals surface area contributed by atoms with Gasteiger partial charge in [-0.25, -0.2) is 4.79 Å². The van der Waals surface area contributed by atoms with Gasteiger partial charge in [0.2, 0.25) is 0 Å². The van der Waals surface area contributed by atoms with Crippen LogP contribution in [0.25, 0.3) is 0 Å². The molecule has 0 saturated carbocycles. The lowest BCUT2D eigenvalue weighted by molar-refractivity contribution is 0.223. The van der Waals surface area contributed by atoms with Gasteiger partial charge in [-0.05, 0) is 6.07 Å². The molecule has 0 saturated heterocycles. The van der Waals surface area contributed by atoms with E-state index >= 15 is 0 Å². The molecule has 0 radical (unpaired) electrons. The third kappa shape index (κ3) is 2.84. The zero-order chi connectivity index (χ0) is 10.7. The summed E-state index contributed by atoms with van der Waals surface area (Å²) in [5, 5.41) is 2.36. The van der Waals surface area contributed by atoms with E-state index in [9.17, 15) is 4.79 Å². The lowest BCUT2D eigenvalue weighted by Gasteiger charge is -2.05. The van der Waals surface area contributed by atoms with Crippen LogP contribution in [0.2, 0.25) is 0 Å². The van der Waals surface area contributed by atoms with Gasteiger partial charge in [-0.2, -0.15) is 0 Å². The number of aromatic nitrogens is 1. The van der Waals surface area contributed by atoms with Crippen molar-refractivity contribution < 1.29 is 8.98 Å². The Hall–Kier alpha value is -0.310. The topological polar surface area (TPSA) is 54.1 Å². The first-order valence-corrected chi connectivity index (χ1v) is 4.99. The van der Waals surface area contributed by atoms with Gasteiger partial charge in [-0.1, -0.05) is 12.2 Å². The number of anilines is 1. The minimum atomic E-state index is -0.710. The summed E-state index contributed by atoms with van der Waals surface area (Å²) >= 11 is 16.5. The lowest BCUT2D eigenvalue weighted by atomic mass is 10.4. The molecule has 4 nitrogen and oxygen atoms in total. The van der Waals surface area contributed by atoms with Crippen molar-refractivity contribution in [3.63, 3.8) is 0 Å². The summed E-state index contributed by atoms with van der Waals surface area (Å²) in [7, 11) is 0. The maximum atomic E-state index is 10.8. The molecule has 0 bridgehead atoms. The predicted molar refractivity (Wildman–Crippen MR) is 65.2 cm³/mol. The minimum absolute atomic E-state index is 0.372. The van der Waals surface area contributed by atoms with Crippen molar-refractivity contribution in [2.24, 2.45) is 0 Å². The van der Waals surface area contributed by atoms with Crippen LogP contribution in [0, 0.1) is 4.64 Å². The smallest absolute Gasteiger partial charge is 0.378 e. The number of rotatable bonds is 1. The molecule has 0 unspecified atom stereocenters. The van der Waals surface area contributed by atoms with Gasteiger partial charge < -0.3 is 9.17 Å². The number of hydrogen-bond acceptors (Lipinski definition) is 6. The first-order valence-electron chi connectivity index (χ1n) is 3.32. The van der Waals surface area contributed by atoms with Crippen molar-refractivity contribution in [3.05, 3.63) is 10.7 Å². The number of pyridine rings is 1. The Bertz CT molecular complexity index is 417. The summed E-state index contributed by atoms with van der Waals surface area (Å²) in [5.41, 5.74) is 0. The van der Waals surface area contributed by atoms with Crippen molar-refractivity contribution in [2.75, 3.05) is 5.32 Å². The zero-order valence-corrected chi connectivity index (χ0v) is 10.1. The van der Waals surface area contributed by atoms with Crippen LogP contribution in [0.4, 0.5) is 10.6 Å². The van der Waals surface area contributed by atoms with Crippen LogP contribution in [-0.4, -0.2) is 11.1 Å². The SMILES string of the molecule is O=C(Nc1cc(S)c(S)c(=S)[nH]1)OS. The molecule has 0 spiro atoms. The lowest BCUT2D eigenvalue weighted by Crippen LogP contribution is -2.10. The molecule has 0 aliphatic rings. The third-order valence-corrected chi connectivity index (χ3v) is 2.92. The standard InChI is InChI=1S/C6H6N2O2S4/c9-6(10-14)8-3-1-2(11)4(12)5(13)7-3/h1,12,14H,(H3,7,8,9,11,13). The van der Waals surface area contributed by atoms with Crippen LogP contribution in [-0.2, 0) is 4.18 Å². The molecular weight excluding hydrogens is 260 g/mol. The second-order valence-corrected chi connectivity index (χ2v) is 3.77. The molecule has 1 rings (SSSR count). The molecule has 0 atom stereocenters. The second kappa shape index (κ2) is 4.96. The van der Waals surface area contributed by atoms with E-state index in [4.69, 9.17) is 12.2 Å². The van der Waals surface area contributed by atoms with Gasteiger partial charge >= 0.3 is 6.09 Å². The quantitative estimate of drug-likeness (QED) is 0.309. The molecule has 2 N–H and O–H groups in total. The highest BCUT2D eigenvalue weighted by molar-refractivity contribution is 7.84. The molecule has 8 heteroatoms. The maximum absolute atomic E-state index is 10.8. The van der Waals surface area contributed by atoms with Crippen LogP contribution >= 0.6 is 50.4 Å². The van der Waals surface area contributed by atoms with E-state index in [-0.39, 0.29) is 0 Å². The molecule has 1 amide bonds. The predicted octanol–water partition coefficient (Wildman–Crippen LogP) is 2.71. The Morgan fingerprint density at radius 3 is 2.71 bits per heavy atom. The van der Waals surface area contributed by atoms with Crippen LogP contribution in [0.5, 0.6) is 0 Å². The number of H-pyrrole nitrogens is 1. The summed E-state index contributed by atoms with van der Waals surface area (Å²) in [4.78, 5) is 14.6. The summed E-state index contributed by atoms with van der Waals surface area (Å²) in [6.45, 7) is 0. The van der Waals surface area contributed by atoms with E-state index in [1.807, 2.05) is 0 Å². The number of amides is 1. The maximum Gasteiger partial charge on any atom is 0.424 e. The second-order valence-electron chi connectivity index (χ2n) is 2.25. The molecule has 0 aliphatic heterocycles. The molecule has 0 fully saturated rings. The normalized spacial score (nSPS) is 9.64. The highest BCUT2D eigenvalue weighted by atomic mass is 32.1. The molecular formula is C6H6N2O2S4. The van der Waals surface area contributed by atoms with Crippen molar-refractivity contribution >= 4 is 62.3 Å². The Labute approximate surface area is 102 Å². The van der Waals surface area contributed by atoms with Crippen LogP contribution in [0.3, 0.4) is 0 Å². The fraction of sp³-hybridized carbons (Fsp3) is 0. The molecule has 1 heterocycles. The van der Waals surface area contributed by atoms with Crippen molar-refractivity contribution in [2.45, 2.75) is 9.79 Å². The van der Waals surface area contributed by atoms with E-state index in [1.54, 1.807) is 6.07 Å². The first kappa shape index (κ1) is 11.8. The summed E-state index contributed by atoms with van der Waals surface area (Å²) in [5.74, 6) is 0.372. The Morgan fingerprint density at radius 1 is 1.57 bits per heavy atom. The number of nitrogens with one attached hydrogen (secondary N) is 2. The van der Waals surface area contributed by atoms with Gasteiger partial charge in [0.25, 0.3) is 0 Å². The molecule has 1 aromatic rings. The van der Waals surface area contributed by atoms with Gasteiger partial charge in [0, 0.05) is 17.8 Å². The average Bonchev–Trinajstić information content (AvgIpc) is 2.14. The number of aromatic amines is 1. The van der Waals surface area contributed by atoms with E-state index in [0.717, 1.165) is 0 Å². The third-order valence-electron chi connectivity index (χ3n) is 1.31. The molecule has 76 valence electrons. The summed E-state index contributed by atoms with van der Waals surface area (Å²) < 4.78 is 4.49. The fourth-order valence-corrected chi connectivity index (χ4v) is 1.44. The number of carbonyl (C=O) groups excluding carboxylic acids is 1. The Balaban J connectivity index is 3.01. The minimum Gasteiger partial charge on any atom is -0.378 e. The monoisotopic (exact) mass is 266 g/mol. The Morgan fingerprint density at radius 2 is 2.21 bits per heavy atom. The van der Waals surface area contributed by atoms with Gasteiger partial charge in [-0.3, -0.25) is 5.32 Å². The highest BCUT2D eigenvalue weighted by Gasteiger charge is 2.04. The van der Waals surface area contributed by atoms with Gasteiger partial charge in [0.05, 0.1) is 4.90 Å². The van der Waals surface area contributed by atoms with Crippen molar-refractivity contribution in [1.29, 1.82) is 0 Å². The Kier molecular flexibility index (Phi) is 4.17. The molecule has 0 aromatic carbocycles. The van der Waals surface area contributed by atoms with Gasteiger partial charge in [0.15, 0.2) is 0 Å². The summed E-state index contributed by atoms with van der Waals surface area (Å²) in [6, 6.07) is 1.56. The van der Waals surface area contributed by atoms with Gasteiger partial charge in [-0.15, -0.1) is 25.3 Å². The number of thiol groups is 3. The van der Waals surface area contributed by atoms with Crippen molar-refractivity contribution in [1.82, 2.24) is 4.98 Å². The largest absolute Gasteiger partial charge is 0.424 e. The molecule has 1 aromatic heterocycles. The molecule has 0 aliphatic carbocycles. The zero-order valence-electron chi connectivity index (χ0n) is 6.64. The number of carbonyl (C=O) groups is 1. The average molecular weight is 266 g/mol. The van der Waals surface area contributed by atoms with E-state index in [2.05, 4.69) is 52.7 Å². The van der Waals surface area contributed by atoms with Crippen LogP contribution in [0.1, 0.15) is 0 Å². The van der Waals surface area contributed by atoms with Crippen molar-refractivity contribution in [3.8, 4) is 0 Å². The summed E-state index contributed by atoms with van der Waals surface area (Å²) in [6.07, 6.45) is -0.710. The van der Waals surface area contributed by atoms with Gasteiger partial charge in [0.1, 0.15) is 10.5 Å². The van der Waals surface area contributed by atoms with E-state index in [1.165, 1.54) is 0 Å². The van der Waals surface area contributed by atoms with Crippen LogP contribution < -0.4 is 5.32 Å². The number of hydrogen-bond donors (Lipinski definition) is 5. The highest BCUT2D eigenvalue weighted by Crippen LogP contribution is 2.21. The fourth-order valence-electron chi connectivity index (χ4n) is 0.739. The molecule has 14 heavy (non-hydrogen) atoms.